The zero-order valence-electron chi connectivity index (χ0n) is 17.2. The molecule has 0 heterocycles. The van der Waals surface area contributed by atoms with E-state index in [1.54, 1.807) is 0 Å². The number of carbonyl (C=O) groups excluding carboxylic acids is 2. The van der Waals surface area contributed by atoms with Gasteiger partial charge in [0.2, 0.25) is 0 Å². The molecule has 0 saturated carbocycles. The molecule has 0 aromatic heterocycles. The van der Waals surface area contributed by atoms with Crippen LogP contribution in [0.2, 0.25) is 0 Å². The van der Waals surface area contributed by atoms with E-state index in [1.807, 2.05) is 34.6 Å². The number of ether oxygens (including phenoxy) is 2. The van der Waals surface area contributed by atoms with E-state index in [-0.39, 0.29) is 11.9 Å². The molecular weight excluding hydrogens is 318 g/mol. The molecule has 5 nitrogen and oxygen atoms in total. The number of hydrogen-bond acceptors (Lipinski definition) is 4. The number of esters is 1. The predicted octanol–water partition coefficient (Wildman–Crippen LogP) is 5.08. The molecule has 0 fully saturated rings. The molecule has 0 aliphatic rings. The Kier molecular flexibility index (Phi) is 12.4. The lowest BCUT2D eigenvalue weighted by atomic mass is 9.87. The maximum absolute atomic E-state index is 12.3. The summed E-state index contributed by atoms with van der Waals surface area (Å²) in [6, 6.07) is -0.711. The summed E-state index contributed by atoms with van der Waals surface area (Å²) >= 11 is 0. The molecule has 0 aliphatic carbocycles. The lowest BCUT2D eigenvalue weighted by Gasteiger charge is -2.29. The second-order valence-electron chi connectivity index (χ2n) is 8.22. The van der Waals surface area contributed by atoms with Gasteiger partial charge in [0.05, 0.1) is 13.2 Å². The summed E-state index contributed by atoms with van der Waals surface area (Å²) < 4.78 is 10.5. The Hall–Kier alpha value is -1.26. The van der Waals surface area contributed by atoms with E-state index < -0.39 is 17.6 Å². The Morgan fingerprint density at radius 3 is 2.00 bits per heavy atom. The van der Waals surface area contributed by atoms with Crippen molar-refractivity contribution in [2.45, 2.75) is 92.5 Å². The third-order valence-electron chi connectivity index (χ3n) is 3.90. The Morgan fingerprint density at radius 1 is 0.920 bits per heavy atom. The Balaban J connectivity index is 4.18. The van der Waals surface area contributed by atoms with E-state index in [0.717, 1.165) is 12.8 Å². The number of rotatable bonds is 12. The van der Waals surface area contributed by atoms with Crippen molar-refractivity contribution < 1.29 is 19.1 Å². The van der Waals surface area contributed by atoms with Crippen molar-refractivity contribution in [3.8, 4) is 0 Å². The van der Waals surface area contributed by atoms with E-state index in [4.69, 9.17) is 9.47 Å². The third kappa shape index (κ3) is 12.7. The minimum atomic E-state index is -0.711. The molecule has 0 radical (unpaired) electrons. The normalized spacial score (nSPS) is 12.8. The van der Waals surface area contributed by atoms with Gasteiger partial charge < -0.3 is 14.8 Å². The second-order valence-corrected chi connectivity index (χ2v) is 8.22. The van der Waals surface area contributed by atoms with Crippen LogP contribution in [0.3, 0.4) is 0 Å². The smallest absolute Gasteiger partial charge is 0.407 e. The minimum Gasteiger partial charge on any atom is -0.464 e. The summed E-state index contributed by atoms with van der Waals surface area (Å²) in [5.74, 6) is -0.136. The van der Waals surface area contributed by atoms with E-state index in [0.29, 0.717) is 13.2 Å². The van der Waals surface area contributed by atoms with Gasteiger partial charge in [0.15, 0.2) is 0 Å². The lowest BCUT2D eigenvalue weighted by Crippen LogP contribution is -2.50. The van der Waals surface area contributed by atoms with Crippen LogP contribution in [0.5, 0.6) is 0 Å². The standard InChI is InChI=1S/C20H39NO4/c1-7-8-9-10-11-12-13-14-24-18(22)17(20(4,5)6)21-19(23)25-15-16(2)3/h16-17H,7-15H2,1-6H3,(H,21,23). The fourth-order valence-electron chi connectivity index (χ4n) is 2.35. The highest BCUT2D eigenvalue weighted by Crippen LogP contribution is 2.21. The molecule has 25 heavy (non-hydrogen) atoms. The van der Waals surface area contributed by atoms with Gasteiger partial charge >= 0.3 is 12.1 Å². The topological polar surface area (TPSA) is 64.6 Å². The summed E-state index contributed by atoms with van der Waals surface area (Å²) in [4.78, 5) is 24.2. The zero-order valence-corrected chi connectivity index (χ0v) is 17.2. The van der Waals surface area contributed by atoms with Gasteiger partial charge in [-0.05, 0) is 17.8 Å². The molecule has 0 rings (SSSR count). The Bertz CT molecular complexity index is 374. The first-order chi connectivity index (χ1) is 11.7. The summed E-state index contributed by atoms with van der Waals surface area (Å²) in [6.07, 6.45) is 7.62. The van der Waals surface area contributed by atoms with Gasteiger partial charge in [-0.1, -0.05) is 80.1 Å². The maximum atomic E-state index is 12.3. The first kappa shape index (κ1) is 23.7. The number of hydrogen-bond donors (Lipinski definition) is 1. The van der Waals surface area contributed by atoms with Crippen molar-refractivity contribution in [1.29, 1.82) is 0 Å². The zero-order chi connectivity index (χ0) is 19.3. The number of amides is 1. The number of unbranched alkanes of at least 4 members (excludes halogenated alkanes) is 6. The minimum absolute atomic E-state index is 0.253. The first-order valence-corrected chi connectivity index (χ1v) is 9.78. The van der Waals surface area contributed by atoms with Crippen LogP contribution in [0.25, 0.3) is 0 Å². The van der Waals surface area contributed by atoms with E-state index in [2.05, 4.69) is 12.2 Å². The quantitative estimate of drug-likeness (QED) is 0.391. The van der Waals surface area contributed by atoms with Crippen molar-refractivity contribution in [3.63, 3.8) is 0 Å². The second kappa shape index (κ2) is 13.0. The summed E-state index contributed by atoms with van der Waals surface area (Å²) in [6.45, 7) is 12.6. The molecule has 1 unspecified atom stereocenters. The number of nitrogens with one attached hydrogen (secondary N) is 1. The molecule has 0 aromatic rings. The van der Waals surface area contributed by atoms with Gasteiger partial charge in [-0.3, -0.25) is 0 Å². The molecule has 148 valence electrons. The van der Waals surface area contributed by atoms with Crippen molar-refractivity contribution in [3.05, 3.63) is 0 Å². The summed E-state index contributed by atoms with van der Waals surface area (Å²) in [5.41, 5.74) is -0.436. The first-order valence-electron chi connectivity index (χ1n) is 9.78. The van der Waals surface area contributed by atoms with Crippen molar-refractivity contribution >= 4 is 12.1 Å². The van der Waals surface area contributed by atoms with Crippen molar-refractivity contribution in [1.82, 2.24) is 5.32 Å². The van der Waals surface area contributed by atoms with Crippen LogP contribution in [0, 0.1) is 11.3 Å². The number of alkyl carbamates (subject to hydrolysis) is 1. The van der Waals surface area contributed by atoms with E-state index in [9.17, 15) is 9.59 Å². The molecule has 0 bridgehead atoms. The molecule has 1 amide bonds. The summed E-state index contributed by atoms with van der Waals surface area (Å²) in [5, 5.41) is 2.65. The molecular formula is C20H39NO4. The lowest BCUT2D eigenvalue weighted by molar-refractivity contribution is -0.149. The van der Waals surface area contributed by atoms with Gasteiger partial charge in [-0.15, -0.1) is 0 Å². The van der Waals surface area contributed by atoms with E-state index in [1.165, 1.54) is 32.1 Å². The molecule has 1 atom stereocenters. The van der Waals surface area contributed by atoms with Gasteiger partial charge in [0.1, 0.15) is 6.04 Å². The molecule has 0 aliphatic heterocycles. The highest BCUT2D eigenvalue weighted by molar-refractivity contribution is 5.82. The molecule has 5 heteroatoms. The van der Waals surface area contributed by atoms with Crippen LogP contribution < -0.4 is 5.32 Å². The van der Waals surface area contributed by atoms with Crippen LogP contribution in [0.1, 0.15) is 86.5 Å². The van der Waals surface area contributed by atoms with E-state index >= 15 is 0 Å². The fourth-order valence-corrected chi connectivity index (χ4v) is 2.35. The van der Waals surface area contributed by atoms with Gasteiger partial charge in [0.25, 0.3) is 0 Å². The molecule has 0 spiro atoms. The highest BCUT2D eigenvalue weighted by Gasteiger charge is 2.34. The van der Waals surface area contributed by atoms with Crippen LogP contribution in [-0.4, -0.2) is 31.3 Å². The third-order valence-corrected chi connectivity index (χ3v) is 3.90. The number of carbonyl (C=O) groups is 2. The van der Waals surface area contributed by atoms with Crippen LogP contribution >= 0.6 is 0 Å². The van der Waals surface area contributed by atoms with Gasteiger partial charge in [-0.2, -0.15) is 0 Å². The van der Waals surface area contributed by atoms with Crippen LogP contribution in [0.4, 0.5) is 4.79 Å². The molecule has 0 saturated heterocycles. The summed E-state index contributed by atoms with van der Waals surface area (Å²) in [7, 11) is 0. The largest absolute Gasteiger partial charge is 0.464 e. The SMILES string of the molecule is CCCCCCCCCOC(=O)C(NC(=O)OCC(C)C)C(C)(C)C. The van der Waals surface area contributed by atoms with Crippen LogP contribution in [-0.2, 0) is 14.3 Å². The fraction of sp³-hybridized carbons (Fsp3) is 0.900. The van der Waals surface area contributed by atoms with Crippen LogP contribution in [0.15, 0.2) is 0 Å². The Labute approximate surface area is 154 Å². The van der Waals surface area contributed by atoms with Gasteiger partial charge in [0, 0.05) is 0 Å². The highest BCUT2D eigenvalue weighted by atomic mass is 16.6. The van der Waals surface area contributed by atoms with Crippen molar-refractivity contribution in [2.75, 3.05) is 13.2 Å². The average molecular weight is 358 g/mol. The maximum Gasteiger partial charge on any atom is 0.407 e. The molecule has 0 aromatic carbocycles. The molecule has 1 N–H and O–H groups in total. The predicted molar refractivity (Wildman–Crippen MR) is 102 cm³/mol. The Morgan fingerprint density at radius 2 is 1.48 bits per heavy atom. The van der Waals surface area contributed by atoms with Crippen molar-refractivity contribution in [2.24, 2.45) is 11.3 Å². The average Bonchev–Trinajstić information content (AvgIpc) is 2.51. The van der Waals surface area contributed by atoms with Gasteiger partial charge in [-0.25, -0.2) is 9.59 Å². The monoisotopic (exact) mass is 357 g/mol.